The fraction of sp³-hybridized carbons (Fsp3) is 0. The Kier molecular flexibility index (Phi) is 4.76. The summed E-state index contributed by atoms with van der Waals surface area (Å²) in [5.74, 6) is 0.00279. The fourth-order valence-corrected chi connectivity index (χ4v) is 3.57. The molecule has 1 aromatic heterocycles. The second-order valence-corrected chi connectivity index (χ2v) is 7.21. The molecule has 0 spiro atoms. The minimum Gasteiger partial charge on any atom is -0.268 e. The molecule has 0 N–H and O–H groups in total. The molecule has 154 valence electrons. The molecule has 1 heterocycles. The van der Waals surface area contributed by atoms with Gasteiger partial charge in [0.25, 0.3) is 11.6 Å². The second-order valence-electron chi connectivity index (χ2n) is 7.21. The molecule has 0 aliphatic heterocycles. The van der Waals surface area contributed by atoms with Crippen LogP contribution < -0.4 is 0 Å². The van der Waals surface area contributed by atoms with Gasteiger partial charge in [0.1, 0.15) is 0 Å². The van der Waals surface area contributed by atoms with E-state index in [0.29, 0.717) is 22.2 Å². The number of hydrogen-bond donors (Lipinski definition) is 0. The SMILES string of the molecule is O=C(c1ccc2ccccc2c1)n1c(/N=C/c2ccc([N+](=O)[O-])cc2)nc2ccccc21. The normalized spacial score (nSPS) is 11.4. The number of aromatic nitrogens is 2. The van der Waals surface area contributed by atoms with Gasteiger partial charge in [-0.15, -0.1) is 0 Å². The van der Waals surface area contributed by atoms with Gasteiger partial charge in [-0.3, -0.25) is 14.9 Å². The molecule has 5 rings (SSSR count). The number of nitro benzene ring substituents is 1. The first-order valence-electron chi connectivity index (χ1n) is 9.90. The average molecular weight is 420 g/mol. The minimum absolute atomic E-state index is 0.000806. The van der Waals surface area contributed by atoms with Gasteiger partial charge < -0.3 is 0 Å². The fourth-order valence-electron chi connectivity index (χ4n) is 3.57. The van der Waals surface area contributed by atoms with E-state index in [0.717, 1.165) is 10.8 Å². The molecule has 7 nitrogen and oxygen atoms in total. The second kappa shape index (κ2) is 7.88. The molecule has 0 aliphatic rings. The van der Waals surface area contributed by atoms with Crippen molar-refractivity contribution in [1.82, 2.24) is 9.55 Å². The van der Waals surface area contributed by atoms with E-state index < -0.39 is 4.92 Å². The Balaban J connectivity index is 1.58. The third-order valence-electron chi connectivity index (χ3n) is 5.18. The first kappa shape index (κ1) is 19.3. The number of hydrogen-bond acceptors (Lipinski definition) is 5. The number of nitro groups is 1. The van der Waals surface area contributed by atoms with Crippen LogP contribution in [-0.4, -0.2) is 26.6 Å². The zero-order chi connectivity index (χ0) is 22.1. The molecule has 0 fully saturated rings. The van der Waals surface area contributed by atoms with Gasteiger partial charge >= 0.3 is 0 Å². The Hall–Kier alpha value is -4.65. The highest BCUT2D eigenvalue weighted by Gasteiger charge is 2.18. The first-order valence-corrected chi connectivity index (χ1v) is 9.90. The van der Waals surface area contributed by atoms with Crippen LogP contribution in [0.1, 0.15) is 15.9 Å². The maximum atomic E-state index is 13.5. The van der Waals surface area contributed by atoms with E-state index in [2.05, 4.69) is 9.98 Å². The van der Waals surface area contributed by atoms with Crippen LogP contribution in [0.3, 0.4) is 0 Å². The van der Waals surface area contributed by atoms with Gasteiger partial charge in [0.15, 0.2) is 0 Å². The van der Waals surface area contributed by atoms with Crippen molar-refractivity contribution in [3.63, 3.8) is 0 Å². The molecule has 0 unspecified atom stereocenters. The summed E-state index contributed by atoms with van der Waals surface area (Å²) in [5.41, 5.74) is 2.49. The lowest BCUT2D eigenvalue weighted by molar-refractivity contribution is -0.384. The molecule has 4 aromatic carbocycles. The average Bonchev–Trinajstić information content (AvgIpc) is 3.20. The van der Waals surface area contributed by atoms with Crippen LogP contribution in [0.2, 0.25) is 0 Å². The molecule has 0 saturated heterocycles. The lowest BCUT2D eigenvalue weighted by Crippen LogP contribution is -2.11. The van der Waals surface area contributed by atoms with Crippen LogP contribution in [0.5, 0.6) is 0 Å². The van der Waals surface area contributed by atoms with Crippen molar-refractivity contribution >= 4 is 45.6 Å². The Morgan fingerprint density at radius 2 is 1.62 bits per heavy atom. The van der Waals surface area contributed by atoms with Crippen molar-refractivity contribution in [3.8, 4) is 0 Å². The van der Waals surface area contributed by atoms with Gasteiger partial charge in [-0.05, 0) is 52.7 Å². The molecule has 7 heteroatoms. The molecular weight excluding hydrogens is 404 g/mol. The third kappa shape index (κ3) is 3.52. The Labute approximate surface area is 182 Å². The van der Waals surface area contributed by atoms with E-state index in [4.69, 9.17) is 0 Å². The third-order valence-corrected chi connectivity index (χ3v) is 5.18. The van der Waals surface area contributed by atoms with E-state index >= 15 is 0 Å². The molecule has 0 amide bonds. The summed E-state index contributed by atoms with van der Waals surface area (Å²) in [4.78, 5) is 32.8. The minimum atomic E-state index is -0.456. The van der Waals surface area contributed by atoms with Crippen molar-refractivity contribution in [2.45, 2.75) is 0 Å². The highest BCUT2D eigenvalue weighted by atomic mass is 16.6. The topological polar surface area (TPSA) is 90.4 Å². The largest absolute Gasteiger partial charge is 0.269 e. The number of aliphatic imine (C=N–C) groups is 1. The lowest BCUT2D eigenvalue weighted by atomic mass is 10.1. The zero-order valence-corrected chi connectivity index (χ0v) is 16.8. The molecule has 0 bridgehead atoms. The summed E-state index contributed by atoms with van der Waals surface area (Å²) in [6.45, 7) is 0. The number of para-hydroxylation sites is 2. The molecule has 5 aromatic rings. The summed E-state index contributed by atoms with van der Waals surface area (Å²) in [7, 11) is 0. The first-order chi connectivity index (χ1) is 15.6. The van der Waals surface area contributed by atoms with Crippen molar-refractivity contribution in [2.75, 3.05) is 0 Å². The molecular formula is C25H16N4O3. The van der Waals surface area contributed by atoms with Gasteiger partial charge in [0.2, 0.25) is 5.95 Å². The predicted molar refractivity (Wildman–Crippen MR) is 124 cm³/mol. The monoisotopic (exact) mass is 420 g/mol. The molecule has 0 saturated carbocycles. The number of nitrogens with zero attached hydrogens (tertiary/aromatic N) is 4. The summed E-state index contributed by atoms with van der Waals surface area (Å²) in [6.07, 6.45) is 1.54. The van der Waals surface area contributed by atoms with Crippen molar-refractivity contribution in [1.29, 1.82) is 0 Å². The van der Waals surface area contributed by atoms with Crippen LogP contribution in [0, 0.1) is 10.1 Å². The number of non-ortho nitro benzene ring substituents is 1. The summed E-state index contributed by atoms with van der Waals surface area (Å²) < 4.78 is 1.49. The summed E-state index contributed by atoms with van der Waals surface area (Å²) in [6, 6.07) is 26.8. The standard InChI is InChI=1S/C25H16N4O3/c30-24(20-12-11-18-5-1-2-6-19(18)15-20)28-23-8-4-3-7-22(23)27-25(28)26-16-17-9-13-21(14-10-17)29(31)32/h1-16H/b26-16+. The highest BCUT2D eigenvalue weighted by molar-refractivity contribution is 6.05. The summed E-state index contributed by atoms with van der Waals surface area (Å²) in [5, 5.41) is 12.9. The van der Waals surface area contributed by atoms with Gasteiger partial charge in [0.05, 0.1) is 16.0 Å². The number of carbonyl (C=O) groups is 1. The van der Waals surface area contributed by atoms with Crippen LogP contribution in [0.4, 0.5) is 11.6 Å². The quantitative estimate of drug-likeness (QED) is 0.217. The predicted octanol–water partition coefficient (Wildman–Crippen LogP) is 5.54. The maximum Gasteiger partial charge on any atom is 0.269 e. The number of benzene rings is 4. The van der Waals surface area contributed by atoms with Crippen LogP contribution in [0.25, 0.3) is 21.8 Å². The van der Waals surface area contributed by atoms with E-state index in [9.17, 15) is 14.9 Å². The Bertz CT molecular complexity index is 1520. The number of imidazole rings is 1. The van der Waals surface area contributed by atoms with Gasteiger partial charge in [0, 0.05) is 23.9 Å². The molecule has 32 heavy (non-hydrogen) atoms. The Morgan fingerprint density at radius 3 is 2.41 bits per heavy atom. The van der Waals surface area contributed by atoms with Crippen LogP contribution in [0.15, 0.2) is 96.0 Å². The lowest BCUT2D eigenvalue weighted by Gasteiger charge is -2.07. The van der Waals surface area contributed by atoms with Crippen LogP contribution >= 0.6 is 0 Å². The van der Waals surface area contributed by atoms with Gasteiger partial charge in [-0.2, -0.15) is 0 Å². The smallest absolute Gasteiger partial charge is 0.268 e. The number of carbonyl (C=O) groups excluding carboxylic acids is 1. The molecule has 0 aliphatic carbocycles. The highest BCUT2D eigenvalue weighted by Crippen LogP contribution is 2.25. The van der Waals surface area contributed by atoms with Gasteiger partial charge in [-0.1, -0.05) is 42.5 Å². The van der Waals surface area contributed by atoms with Crippen molar-refractivity contribution in [3.05, 3.63) is 112 Å². The van der Waals surface area contributed by atoms with Crippen LogP contribution in [-0.2, 0) is 0 Å². The maximum absolute atomic E-state index is 13.5. The van der Waals surface area contributed by atoms with Crippen molar-refractivity contribution < 1.29 is 9.72 Å². The van der Waals surface area contributed by atoms with Crippen molar-refractivity contribution in [2.24, 2.45) is 4.99 Å². The van der Waals surface area contributed by atoms with E-state index in [1.165, 1.54) is 22.9 Å². The van der Waals surface area contributed by atoms with E-state index in [1.807, 2.05) is 60.7 Å². The van der Waals surface area contributed by atoms with E-state index in [1.54, 1.807) is 18.2 Å². The zero-order valence-electron chi connectivity index (χ0n) is 16.8. The van der Waals surface area contributed by atoms with Gasteiger partial charge in [-0.25, -0.2) is 14.5 Å². The number of rotatable bonds is 4. The van der Waals surface area contributed by atoms with E-state index in [-0.39, 0.29) is 17.5 Å². The summed E-state index contributed by atoms with van der Waals surface area (Å²) >= 11 is 0. The number of fused-ring (bicyclic) bond motifs is 2. The molecule has 0 atom stereocenters. The Morgan fingerprint density at radius 1 is 0.906 bits per heavy atom. The molecule has 0 radical (unpaired) electrons.